The molecule has 3 heteroatoms. The van der Waals surface area contributed by atoms with Crippen LogP contribution < -0.4 is 10.5 Å². The molecule has 0 aliphatic carbocycles. The summed E-state index contributed by atoms with van der Waals surface area (Å²) >= 11 is 0. The minimum absolute atomic E-state index is 0.170. The minimum atomic E-state index is -0.214. The van der Waals surface area contributed by atoms with Crippen LogP contribution in [0, 0.1) is 0 Å². The van der Waals surface area contributed by atoms with Gasteiger partial charge in [0.05, 0.1) is 7.11 Å². The molecule has 0 bridgehead atoms. The van der Waals surface area contributed by atoms with Crippen molar-refractivity contribution in [2.75, 3.05) is 7.11 Å². The van der Waals surface area contributed by atoms with Gasteiger partial charge in [-0.2, -0.15) is 0 Å². The first kappa shape index (κ1) is 11.6. The summed E-state index contributed by atoms with van der Waals surface area (Å²) in [5.41, 5.74) is 7.65. The molecule has 1 atom stereocenters. The van der Waals surface area contributed by atoms with Gasteiger partial charge in [-0.15, -0.1) is 6.58 Å². The molecule has 0 amide bonds. The molecule has 15 heavy (non-hydrogen) atoms. The van der Waals surface area contributed by atoms with Crippen molar-refractivity contribution >= 4 is 0 Å². The quantitative estimate of drug-likeness (QED) is 0.745. The van der Waals surface area contributed by atoms with Crippen molar-refractivity contribution in [2.45, 2.75) is 19.4 Å². The summed E-state index contributed by atoms with van der Waals surface area (Å²) < 4.78 is 4.99. The molecule has 1 aromatic carbocycles. The van der Waals surface area contributed by atoms with Gasteiger partial charge >= 0.3 is 0 Å². The van der Waals surface area contributed by atoms with Crippen molar-refractivity contribution in [3.05, 3.63) is 35.9 Å². The lowest BCUT2D eigenvalue weighted by Gasteiger charge is -2.14. The number of ether oxygens (including phenoxy) is 1. The zero-order chi connectivity index (χ0) is 11.4. The second-order valence-electron chi connectivity index (χ2n) is 3.69. The zero-order valence-corrected chi connectivity index (χ0v) is 9.16. The van der Waals surface area contributed by atoms with E-state index < -0.39 is 0 Å². The lowest BCUT2D eigenvalue weighted by molar-refractivity contribution is 0.405. The van der Waals surface area contributed by atoms with Crippen molar-refractivity contribution in [1.29, 1.82) is 0 Å². The maximum absolute atomic E-state index is 9.72. The Morgan fingerprint density at radius 2 is 2.27 bits per heavy atom. The van der Waals surface area contributed by atoms with Crippen LogP contribution in [-0.4, -0.2) is 12.2 Å². The van der Waals surface area contributed by atoms with E-state index in [-0.39, 0.29) is 11.8 Å². The molecule has 0 fully saturated rings. The van der Waals surface area contributed by atoms with E-state index in [1.165, 1.54) is 0 Å². The summed E-state index contributed by atoms with van der Waals surface area (Å²) in [6.07, 6.45) is 0.667. The standard InChI is InChI=1S/C12H17NO2/c1-8(2)6-11(13)10-5-4-9(15-3)7-12(10)14/h4-5,7,11,14H,1,6,13H2,2-3H3/t11-/m1/s1. The van der Waals surface area contributed by atoms with Crippen LogP contribution in [0.3, 0.4) is 0 Å². The SMILES string of the molecule is C=C(C)C[C@@H](N)c1ccc(OC)cc1O. The van der Waals surface area contributed by atoms with Crippen LogP contribution in [0.1, 0.15) is 24.9 Å². The van der Waals surface area contributed by atoms with E-state index in [1.807, 2.05) is 6.92 Å². The molecular weight excluding hydrogens is 190 g/mol. The van der Waals surface area contributed by atoms with E-state index >= 15 is 0 Å². The smallest absolute Gasteiger partial charge is 0.124 e. The molecule has 0 aliphatic heterocycles. The number of phenolic OH excluding ortho intramolecular Hbond substituents is 1. The van der Waals surface area contributed by atoms with Crippen LogP contribution >= 0.6 is 0 Å². The summed E-state index contributed by atoms with van der Waals surface area (Å²) in [6, 6.07) is 4.91. The van der Waals surface area contributed by atoms with Gasteiger partial charge < -0.3 is 15.6 Å². The third-order valence-corrected chi connectivity index (χ3v) is 2.21. The van der Waals surface area contributed by atoms with E-state index in [2.05, 4.69) is 6.58 Å². The Morgan fingerprint density at radius 3 is 2.73 bits per heavy atom. The Hall–Kier alpha value is -1.48. The Labute approximate surface area is 90.2 Å². The summed E-state index contributed by atoms with van der Waals surface area (Å²) in [4.78, 5) is 0. The van der Waals surface area contributed by atoms with Gasteiger partial charge in [0.1, 0.15) is 11.5 Å². The first-order chi connectivity index (χ1) is 7.04. The molecule has 0 heterocycles. The van der Waals surface area contributed by atoms with Crippen LogP contribution in [0.25, 0.3) is 0 Å². The van der Waals surface area contributed by atoms with Crippen molar-refractivity contribution in [2.24, 2.45) is 5.73 Å². The number of benzene rings is 1. The first-order valence-electron chi connectivity index (χ1n) is 4.81. The average Bonchev–Trinajstić information content (AvgIpc) is 2.16. The Balaban J connectivity index is 2.90. The molecule has 1 rings (SSSR count). The van der Waals surface area contributed by atoms with Gasteiger partial charge in [0.2, 0.25) is 0 Å². The molecule has 0 radical (unpaired) electrons. The molecule has 3 nitrogen and oxygen atoms in total. The fourth-order valence-electron chi connectivity index (χ4n) is 1.45. The molecule has 3 N–H and O–H groups in total. The average molecular weight is 207 g/mol. The number of methoxy groups -OCH3 is 1. The van der Waals surface area contributed by atoms with E-state index in [0.29, 0.717) is 12.2 Å². The maximum Gasteiger partial charge on any atom is 0.124 e. The molecule has 0 spiro atoms. The van der Waals surface area contributed by atoms with Crippen LogP contribution in [0.4, 0.5) is 0 Å². The summed E-state index contributed by atoms with van der Waals surface area (Å²) in [5, 5.41) is 9.72. The zero-order valence-electron chi connectivity index (χ0n) is 9.16. The predicted molar refractivity (Wildman–Crippen MR) is 61.0 cm³/mol. The van der Waals surface area contributed by atoms with Crippen LogP contribution in [0.15, 0.2) is 30.4 Å². The normalized spacial score (nSPS) is 12.2. The number of aromatic hydroxyl groups is 1. The Kier molecular flexibility index (Phi) is 3.74. The number of nitrogens with two attached hydrogens (primary N) is 1. The van der Waals surface area contributed by atoms with Gasteiger partial charge in [-0.3, -0.25) is 0 Å². The highest BCUT2D eigenvalue weighted by Crippen LogP contribution is 2.29. The molecular formula is C12H17NO2. The molecule has 0 saturated heterocycles. The van der Waals surface area contributed by atoms with Gasteiger partial charge in [0.15, 0.2) is 0 Å². The fraction of sp³-hybridized carbons (Fsp3) is 0.333. The number of phenols is 1. The number of hydrogen-bond acceptors (Lipinski definition) is 3. The molecule has 0 saturated carbocycles. The highest BCUT2D eigenvalue weighted by molar-refractivity contribution is 5.41. The van der Waals surface area contributed by atoms with Gasteiger partial charge in [0.25, 0.3) is 0 Å². The molecule has 1 aromatic rings. The highest BCUT2D eigenvalue weighted by Gasteiger charge is 2.11. The molecule has 0 aliphatic rings. The number of rotatable bonds is 4. The second-order valence-corrected chi connectivity index (χ2v) is 3.69. The van der Waals surface area contributed by atoms with Crippen LogP contribution in [0.2, 0.25) is 0 Å². The first-order valence-corrected chi connectivity index (χ1v) is 4.81. The lowest BCUT2D eigenvalue weighted by Crippen LogP contribution is -2.10. The maximum atomic E-state index is 9.72. The van der Waals surface area contributed by atoms with Gasteiger partial charge in [-0.05, 0) is 19.4 Å². The van der Waals surface area contributed by atoms with Crippen molar-refractivity contribution in [1.82, 2.24) is 0 Å². The van der Waals surface area contributed by atoms with E-state index in [4.69, 9.17) is 10.5 Å². The summed E-state index contributed by atoms with van der Waals surface area (Å²) in [5.74, 6) is 0.793. The Morgan fingerprint density at radius 1 is 1.60 bits per heavy atom. The molecule has 0 aromatic heterocycles. The summed E-state index contributed by atoms with van der Waals surface area (Å²) in [6.45, 7) is 5.71. The topological polar surface area (TPSA) is 55.5 Å². The largest absolute Gasteiger partial charge is 0.507 e. The Bertz CT molecular complexity index is 361. The van der Waals surface area contributed by atoms with Gasteiger partial charge in [-0.1, -0.05) is 11.6 Å². The summed E-state index contributed by atoms with van der Waals surface area (Å²) in [7, 11) is 1.56. The lowest BCUT2D eigenvalue weighted by atomic mass is 10.0. The fourth-order valence-corrected chi connectivity index (χ4v) is 1.45. The van der Waals surface area contributed by atoms with Crippen LogP contribution in [0.5, 0.6) is 11.5 Å². The second kappa shape index (κ2) is 4.84. The van der Waals surface area contributed by atoms with Crippen molar-refractivity contribution < 1.29 is 9.84 Å². The molecule has 0 unspecified atom stereocenters. The van der Waals surface area contributed by atoms with Crippen molar-refractivity contribution in [3.8, 4) is 11.5 Å². The third kappa shape index (κ3) is 2.99. The minimum Gasteiger partial charge on any atom is -0.507 e. The number of hydrogen-bond donors (Lipinski definition) is 2. The molecule has 82 valence electrons. The highest BCUT2D eigenvalue weighted by atomic mass is 16.5. The third-order valence-electron chi connectivity index (χ3n) is 2.21. The van der Waals surface area contributed by atoms with Crippen LogP contribution in [-0.2, 0) is 0 Å². The predicted octanol–water partition coefficient (Wildman–Crippen LogP) is 2.37. The van der Waals surface area contributed by atoms with Gasteiger partial charge in [0, 0.05) is 17.7 Å². The monoisotopic (exact) mass is 207 g/mol. The van der Waals surface area contributed by atoms with E-state index in [9.17, 15) is 5.11 Å². The van der Waals surface area contributed by atoms with Crippen molar-refractivity contribution in [3.63, 3.8) is 0 Å². The van der Waals surface area contributed by atoms with Gasteiger partial charge in [-0.25, -0.2) is 0 Å². The van der Waals surface area contributed by atoms with E-state index in [1.54, 1.807) is 25.3 Å². The van der Waals surface area contributed by atoms with E-state index in [0.717, 1.165) is 11.1 Å².